The summed E-state index contributed by atoms with van der Waals surface area (Å²) in [6.45, 7) is 4.55. The van der Waals surface area contributed by atoms with Gasteiger partial charge < -0.3 is 24.1 Å². The third-order valence-electron chi connectivity index (χ3n) is 5.32. The summed E-state index contributed by atoms with van der Waals surface area (Å²) in [5.41, 5.74) is 2.79. The molecule has 1 aliphatic heterocycles. The lowest BCUT2D eigenvalue weighted by Crippen LogP contribution is -2.41. The van der Waals surface area contributed by atoms with E-state index in [4.69, 9.17) is 18.7 Å². The molecule has 182 valence electrons. The normalized spacial score (nSPS) is 15.3. The minimum absolute atomic E-state index is 0.114. The Bertz CT molecular complexity index is 1210. The molecule has 1 unspecified atom stereocenters. The minimum atomic E-state index is -0.527. The number of aromatic nitrogens is 1. The number of hydrogen-bond donors (Lipinski definition) is 1. The number of amides is 2. The topological polar surface area (TPSA) is 115 Å². The van der Waals surface area contributed by atoms with Crippen LogP contribution in [0.2, 0.25) is 0 Å². The van der Waals surface area contributed by atoms with Crippen LogP contribution in [0.4, 0.5) is 10.5 Å². The summed E-state index contributed by atoms with van der Waals surface area (Å²) in [6, 6.07) is 14.1. The predicted octanol–water partition coefficient (Wildman–Crippen LogP) is 4.47. The number of hydrogen-bond acceptors (Lipinski definition) is 8. The molecule has 3 aromatic rings. The van der Waals surface area contributed by atoms with Crippen LogP contribution < -0.4 is 14.8 Å². The van der Waals surface area contributed by atoms with E-state index >= 15 is 0 Å². The number of rotatable bonds is 9. The van der Waals surface area contributed by atoms with Gasteiger partial charge in [0.15, 0.2) is 11.5 Å². The monoisotopic (exact) mass is 478 g/mol. The van der Waals surface area contributed by atoms with Gasteiger partial charge in [0.2, 0.25) is 5.76 Å². The van der Waals surface area contributed by atoms with Gasteiger partial charge in [0.05, 0.1) is 26.5 Å². The first-order chi connectivity index (χ1) is 17.0. The summed E-state index contributed by atoms with van der Waals surface area (Å²) in [5.74, 6) is 0.921. The zero-order valence-corrected chi connectivity index (χ0v) is 19.7. The maximum atomic E-state index is 12.6. The van der Waals surface area contributed by atoms with Crippen molar-refractivity contribution in [1.82, 2.24) is 10.2 Å². The molecular formula is C25H26N4O6. The second-order valence-electron chi connectivity index (χ2n) is 7.65. The van der Waals surface area contributed by atoms with Crippen molar-refractivity contribution in [3.63, 3.8) is 0 Å². The first kappa shape index (κ1) is 23.8. The second-order valence-corrected chi connectivity index (χ2v) is 7.65. The number of hydrazone groups is 1. The first-order valence-corrected chi connectivity index (χ1v) is 11.2. The van der Waals surface area contributed by atoms with Crippen LogP contribution in [-0.4, -0.2) is 47.7 Å². The number of carbonyl (C=O) groups excluding carboxylic acids is 2. The molecule has 2 amide bonds. The summed E-state index contributed by atoms with van der Waals surface area (Å²) in [5, 5.41) is 12.2. The van der Waals surface area contributed by atoms with E-state index in [0.717, 1.165) is 11.1 Å². The van der Waals surface area contributed by atoms with Crippen molar-refractivity contribution in [2.75, 3.05) is 19.0 Å². The van der Waals surface area contributed by atoms with Crippen LogP contribution in [0.5, 0.6) is 11.5 Å². The molecule has 0 bridgehead atoms. The second kappa shape index (κ2) is 10.7. The van der Waals surface area contributed by atoms with Crippen molar-refractivity contribution in [2.45, 2.75) is 32.9 Å². The number of cyclic esters (lactones) is 1. The number of ether oxygens (including phenoxy) is 3. The van der Waals surface area contributed by atoms with Gasteiger partial charge in [0, 0.05) is 17.3 Å². The highest BCUT2D eigenvalue weighted by Gasteiger charge is 2.31. The molecule has 4 rings (SSSR count). The van der Waals surface area contributed by atoms with E-state index in [1.54, 1.807) is 31.4 Å². The predicted molar refractivity (Wildman–Crippen MR) is 128 cm³/mol. The van der Waals surface area contributed by atoms with E-state index in [1.807, 2.05) is 32.0 Å². The molecule has 0 spiro atoms. The van der Waals surface area contributed by atoms with Crippen LogP contribution >= 0.6 is 0 Å². The molecule has 0 saturated carbocycles. The van der Waals surface area contributed by atoms with Gasteiger partial charge in [-0.05, 0) is 49.2 Å². The Labute approximate surface area is 202 Å². The summed E-state index contributed by atoms with van der Waals surface area (Å²) in [7, 11) is 1.57. The molecule has 1 aliphatic rings. The summed E-state index contributed by atoms with van der Waals surface area (Å²) in [4.78, 5) is 24.7. The van der Waals surface area contributed by atoms with Crippen LogP contribution in [0.25, 0.3) is 0 Å². The Kier molecular flexibility index (Phi) is 7.30. The van der Waals surface area contributed by atoms with Crippen molar-refractivity contribution in [3.05, 3.63) is 71.6 Å². The summed E-state index contributed by atoms with van der Waals surface area (Å²) < 4.78 is 21.6. The smallest absolute Gasteiger partial charge is 0.431 e. The Hall–Kier alpha value is -4.34. The van der Waals surface area contributed by atoms with Gasteiger partial charge in [-0.1, -0.05) is 24.2 Å². The lowest BCUT2D eigenvalue weighted by Gasteiger charge is -2.29. The van der Waals surface area contributed by atoms with E-state index in [0.29, 0.717) is 35.9 Å². The van der Waals surface area contributed by atoms with Crippen molar-refractivity contribution in [3.8, 4) is 11.5 Å². The van der Waals surface area contributed by atoms with Gasteiger partial charge in [-0.2, -0.15) is 10.1 Å². The van der Waals surface area contributed by atoms with E-state index in [-0.39, 0.29) is 12.3 Å². The SMILES string of the molecule is CCOc1ccc(C2=NN(Cc3ccc(NC(=O)c4ccno4)cc3)C(=O)OC2CC)cc1OC. The summed E-state index contributed by atoms with van der Waals surface area (Å²) >= 11 is 0. The fourth-order valence-corrected chi connectivity index (χ4v) is 3.59. The van der Waals surface area contributed by atoms with Gasteiger partial charge in [0.25, 0.3) is 5.91 Å². The van der Waals surface area contributed by atoms with Crippen molar-refractivity contribution < 1.29 is 28.3 Å². The Balaban J connectivity index is 1.52. The van der Waals surface area contributed by atoms with Crippen LogP contribution in [0.1, 0.15) is 41.9 Å². The molecule has 1 atom stereocenters. The molecule has 10 heteroatoms. The highest BCUT2D eigenvalue weighted by Crippen LogP contribution is 2.30. The van der Waals surface area contributed by atoms with Crippen molar-refractivity contribution in [1.29, 1.82) is 0 Å². The molecule has 35 heavy (non-hydrogen) atoms. The molecule has 10 nitrogen and oxygen atoms in total. The molecule has 2 aromatic carbocycles. The fraction of sp³-hybridized carbons (Fsp3) is 0.280. The third kappa shape index (κ3) is 5.43. The number of methoxy groups -OCH3 is 1. The molecule has 1 N–H and O–H groups in total. The molecule has 0 saturated heterocycles. The standard InChI is InChI=1S/C25H26N4O6/c1-4-19-23(17-8-11-20(33-5-2)22(14-17)32-3)28-29(25(31)34-19)15-16-6-9-18(10-7-16)27-24(30)21-12-13-26-35-21/h6-14,19H,4-5,15H2,1-3H3,(H,27,30). The quantitative estimate of drug-likeness (QED) is 0.482. The molecule has 1 aromatic heterocycles. The van der Waals surface area contributed by atoms with Crippen LogP contribution in [0.15, 0.2) is 64.4 Å². The lowest BCUT2D eigenvalue weighted by molar-refractivity contribution is 0.0712. The Morgan fingerprint density at radius 1 is 1.11 bits per heavy atom. The maximum Gasteiger partial charge on any atom is 0.431 e. The zero-order valence-electron chi connectivity index (χ0n) is 19.7. The van der Waals surface area contributed by atoms with E-state index in [9.17, 15) is 9.59 Å². The molecular weight excluding hydrogens is 452 g/mol. The molecule has 2 heterocycles. The number of anilines is 1. The average Bonchev–Trinajstić information content (AvgIpc) is 3.42. The highest BCUT2D eigenvalue weighted by atomic mass is 16.6. The van der Waals surface area contributed by atoms with E-state index in [2.05, 4.69) is 15.6 Å². The summed E-state index contributed by atoms with van der Waals surface area (Å²) in [6.07, 6.45) is 0.973. The van der Waals surface area contributed by atoms with Crippen LogP contribution in [0, 0.1) is 0 Å². The maximum absolute atomic E-state index is 12.6. The molecule has 0 fully saturated rings. The van der Waals surface area contributed by atoms with Gasteiger partial charge in [-0.15, -0.1) is 0 Å². The van der Waals surface area contributed by atoms with Gasteiger partial charge in [-0.25, -0.2) is 4.79 Å². The zero-order chi connectivity index (χ0) is 24.8. The number of carbonyl (C=O) groups is 2. The van der Waals surface area contributed by atoms with E-state index in [1.165, 1.54) is 17.3 Å². The molecule has 0 radical (unpaired) electrons. The Morgan fingerprint density at radius 2 is 1.91 bits per heavy atom. The molecule has 0 aliphatic carbocycles. The van der Waals surface area contributed by atoms with E-state index < -0.39 is 18.1 Å². The van der Waals surface area contributed by atoms with Crippen LogP contribution in [0.3, 0.4) is 0 Å². The number of benzene rings is 2. The Morgan fingerprint density at radius 3 is 2.57 bits per heavy atom. The largest absolute Gasteiger partial charge is 0.493 e. The lowest BCUT2D eigenvalue weighted by atomic mass is 10.0. The van der Waals surface area contributed by atoms with Gasteiger partial charge >= 0.3 is 6.09 Å². The van der Waals surface area contributed by atoms with Crippen LogP contribution in [-0.2, 0) is 11.3 Å². The first-order valence-electron chi connectivity index (χ1n) is 11.2. The fourth-order valence-electron chi connectivity index (χ4n) is 3.59. The third-order valence-corrected chi connectivity index (χ3v) is 5.32. The highest BCUT2D eigenvalue weighted by molar-refractivity contribution is 6.06. The van der Waals surface area contributed by atoms with Crippen molar-refractivity contribution >= 4 is 23.4 Å². The van der Waals surface area contributed by atoms with Gasteiger partial charge in [0.1, 0.15) is 11.8 Å². The minimum Gasteiger partial charge on any atom is -0.493 e. The average molecular weight is 479 g/mol. The number of nitrogens with zero attached hydrogens (tertiary/aromatic N) is 3. The number of nitrogens with one attached hydrogen (secondary N) is 1. The van der Waals surface area contributed by atoms with Gasteiger partial charge in [-0.3, -0.25) is 4.79 Å². The van der Waals surface area contributed by atoms with Crippen molar-refractivity contribution in [2.24, 2.45) is 5.10 Å².